The third-order valence-corrected chi connectivity index (χ3v) is 3.62. The molecule has 15 heavy (non-hydrogen) atoms. The number of anilines is 1. The Morgan fingerprint density at radius 2 is 2.20 bits per heavy atom. The van der Waals surface area contributed by atoms with E-state index >= 15 is 0 Å². The maximum Gasteiger partial charge on any atom is 0.357 e. The maximum absolute atomic E-state index is 10.8. The maximum atomic E-state index is 10.8. The zero-order valence-corrected chi connectivity index (χ0v) is 9.46. The molecule has 1 heterocycles. The largest absolute Gasteiger partial charge is 0.480 e. The lowest BCUT2D eigenvalue weighted by atomic mass is 10.3. The summed E-state index contributed by atoms with van der Waals surface area (Å²) in [6.07, 6.45) is 0. The summed E-state index contributed by atoms with van der Waals surface area (Å²) in [6, 6.07) is 0.457. The van der Waals surface area contributed by atoms with Crippen LogP contribution < -0.4 is 10.6 Å². The highest BCUT2D eigenvalue weighted by atomic mass is 32.1. The molecule has 1 aromatic heterocycles. The summed E-state index contributed by atoms with van der Waals surface area (Å²) in [7, 11) is -4.24. The predicted octanol–water partition coefficient (Wildman–Crippen LogP) is 0.436. The molecule has 0 bridgehead atoms. The highest BCUT2D eigenvalue weighted by Crippen LogP contribution is 2.36. The van der Waals surface area contributed by atoms with E-state index in [1.54, 1.807) is 0 Å². The van der Waals surface area contributed by atoms with Crippen LogP contribution in [0.15, 0.2) is 11.4 Å². The monoisotopic (exact) mass is 251 g/mol. The first kappa shape index (κ1) is 12.2. The van der Waals surface area contributed by atoms with Crippen molar-refractivity contribution < 1.29 is 24.3 Å². The van der Waals surface area contributed by atoms with Gasteiger partial charge in [-0.25, -0.2) is 0 Å². The first-order chi connectivity index (χ1) is 6.80. The molecule has 0 radical (unpaired) electrons. The summed E-state index contributed by atoms with van der Waals surface area (Å²) < 4.78 is 10.8. The molecule has 0 spiro atoms. The predicted molar refractivity (Wildman–Crippen MR) is 56.7 cm³/mol. The van der Waals surface area contributed by atoms with Gasteiger partial charge in [0.15, 0.2) is 0 Å². The van der Waals surface area contributed by atoms with Crippen molar-refractivity contribution in [3.63, 3.8) is 0 Å². The number of rotatable bonds is 4. The Bertz CT molecular complexity index is 411. The molecule has 0 amide bonds. The van der Waals surface area contributed by atoms with Gasteiger partial charge in [-0.1, -0.05) is 0 Å². The number of hydrogen-bond donors (Lipinski definition) is 4. The molecular weight excluding hydrogens is 241 g/mol. The van der Waals surface area contributed by atoms with Gasteiger partial charge in [0.05, 0.1) is 10.3 Å². The zero-order chi connectivity index (χ0) is 11.6. The molecule has 1 atom stereocenters. The van der Waals surface area contributed by atoms with Crippen LogP contribution in [0.5, 0.6) is 0 Å². The highest BCUT2D eigenvalue weighted by Gasteiger charge is 2.20. The summed E-state index contributed by atoms with van der Waals surface area (Å²) in [6.45, 7) is 1.44. The van der Waals surface area contributed by atoms with Crippen LogP contribution >= 0.6 is 18.9 Å². The minimum Gasteiger partial charge on any atom is -0.480 e. The van der Waals surface area contributed by atoms with Crippen molar-refractivity contribution in [2.75, 3.05) is 5.32 Å². The summed E-state index contributed by atoms with van der Waals surface area (Å²) in [5, 5.41) is 12.8. The van der Waals surface area contributed by atoms with Gasteiger partial charge in [-0.15, -0.1) is 11.3 Å². The molecule has 6 nitrogen and oxygen atoms in total. The normalized spacial score (nSPS) is 13.5. The second kappa shape index (κ2) is 4.32. The molecule has 0 aliphatic heterocycles. The molecule has 1 rings (SSSR count). The smallest absolute Gasteiger partial charge is 0.357 e. The Kier molecular flexibility index (Phi) is 3.51. The third-order valence-electron chi connectivity index (χ3n) is 1.65. The van der Waals surface area contributed by atoms with Crippen LogP contribution in [0.1, 0.15) is 6.92 Å². The number of carboxylic acids is 1. The van der Waals surface area contributed by atoms with Crippen molar-refractivity contribution in [2.45, 2.75) is 13.0 Å². The van der Waals surface area contributed by atoms with Gasteiger partial charge in [-0.2, -0.15) is 0 Å². The number of hydrogen-bond acceptors (Lipinski definition) is 4. The molecule has 0 aliphatic rings. The summed E-state index contributed by atoms with van der Waals surface area (Å²) >= 11 is 1.06. The van der Waals surface area contributed by atoms with Crippen molar-refractivity contribution in [3.05, 3.63) is 11.4 Å². The fourth-order valence-electron chi connectivity index (χ4n) is 0.830. The van der Waals surface area contributed by atoms with E-state index in [9.17, 15) is 9.36 Å². The van der Waals surface area contributed by atoms with Gasteiger partial charge in [0, 0.05) is 5.38 Å². The van der Waals surface area contributed by atoms with E-state index in [2.05, 4.69) is 5.32 Å². The molecule has 0 saturated carbocycles. The average Bonchev–Trinajstić information content (AvgIpc) is 2.51. The molecule has 0 aromatic carbocycles. The number of aliphatic carboxylic acids is 1. The van der Waals surface area contributed by atoms with E-state index in [0.29, 0.717) is 5.00 Å². The number of carbonyl (C=O) groups is 1. The second-order valence-electron chi connectivity index (χ2n) is 2.92. The van der Waals surface area contributed by atoms with E-state index < -0.39 is 19.6 Å². The Morgan fingerprint density at radius 3 is 2.60 bits per heavy atom. The van der Waals surface area contributed by atoms with Gasteiger partial charge in [0.1, 0.15) is 6.04 Å². The first-order valence-corrected chi connectivity index (χ1v) is 6.44. The van der Waals surface area contributed by atoms with Crippen LogP contribution in [-0.2, 0) is 9.36 Å². The second-order valence-corrected chi connectivity index (χ2v) is 5.43. The highest BCUT2D eigenvalue weighted by molar-refractivity contribution is 7.60. The minimum atomic E-state index is -4.24. The molecule has 8 heteroatoms. The Balaban J connectivity index is 2.78. The quantitative estimate of drug-likeness (QED) is 0.578. The van der Waals surface area contributed by atoms with E-state index in [4.69, 9.17) is 14.9 Å². The van der Waals surface area contributed by atoms with Crippen molar-refractivity contribution in [3.8, 4) is 0 Å². The number of thiophene rings is 1. The summed E-state index contributed by atoms with van der Waals surface area (Å²) in [4.78, 5) is 28.1. The lowest BCUT2D eigenvalue weighted by Crippen LogP contribution is -2.24. The molecule has 0 unspecified atom stereocenters. The van der Waals surface area contributed by atoms with Crippen LogP contribution in [0.3, 0.4) is 0 Å². The SMILES string of the molecule is C[C@H](Nc1cc(P(=O)(O)O)cs1)C(=O)O. The first-order valence-electron chi connectivity index (χ1n) is 3.94. The average molecular weight is 251 g/mol. The van der Waals surface area contributed by atoms with Crippen molar-refractivity contribution in [1.82, 2.24) is 0 Å². The fraction of sp³-hybridized carbons (Fsp3) is 0.286. The standard InChI is InChI=1S/C7H10NO5PS/c1-4(7(9)10)8-6-2-5(3-15-6)14(11,12)13/h2-4,8H,1H3,(H,9,10)(H2,11,12,13)/t4-/m0/s1. The fourth-order valence-corrected chi connectivity index (χ4v) is 2.68. The van der Waals surface area contributed by atoms with E-state index in [-0.39, 0.29) is 5.30 Å². The van der Waals surface area contributed by atoms with E-state index in [1.807, 2.05) is 0 Å². The lowest BCUT2D eigenvalue weighted by Gasteiger charge is -2.07. The topological polar surface area (TPSA) is 107 Å². The number of nitrogens with one attached hydrogen (secondary N) is 1. The van der Waals surface area contributed by atoms with Crippen LogP contribution in [0.25, 0.3) is 0 Å². The Morgan fingerprint density at radius 1 is 1.60 bits per heavy atom. The van der Waals surface area contributed by atoms with Gasteiger partial charge in [0.25, 0.3) is 0 Å². The van der Waals surface area contributed by atoms with Crippen LogP contribution in [-0.4, -0.2) is 26.9 Å². The van der Waals surface area contributed by atoms with Gasteiger partial charge in [-0.3, -0.25) is 9.36 Å². The number of carboxylic acid groups (broad SMARTS) is 1. The minimum absolute atomic E-state index is 0.104. The van der Waals surface area contributed by atoms with E-state index in [0.717, 1.165) is 11.3 Å². The van der Waals surface area contributed by atoms with Gasteiger partial charge in [-0.05, 0) is 13.0 Å². The summed E-state index contributed by atoms with van der Waals surface area (Å²) in [5.74, 6) is -1.03. The lowest BCUT2D eigenvalue weighted by molar-refractivity contribution is -0.137. The van der Waals surface area contributed by atoms with Crippen molar-refractivity contribution >= 4 is 35.2 Å². The third kappa shape index (κ3) is 3.32. The van der Waals surface area contributed by atoms with Gasteiger partial charge >= 0.3 is 13.6 Å². The van der Waals surface area contributed by atoms with Crippen molar-refractivity contribution in [2.24, 2.45) is 0 Å². The van der Waals surface area contributed by atoms with Crippen LogP contribution in [0.4, 0.5) is 5.00 Å². The molecule has 4 N–H and O–H groups in total. The molecule has 0 fully saturated rings. The Hall–Kier alpha value is -0.880. The zero-order valence-electron chi connectivity index (χ0n) is 7.75. The van der Waals surface area contributed by atoms with Crippen LogP contribution in [0, 0.1) is 0 Å². The molecular formula is C7H10NO5PS. The van der Waals surface area contributed by atoms with Gasteiger partial charge in [0.2, 0.25) is 0 Å². The van der Waals surface area contributed by atoms with E-state index in [1.165, 1.54) is 18.4 Å². The molecule has 0 aliphatic carbocycles. The summed E-state index contributed by atoms with van der Waals surface area (Å²) in [5.41, 5.74) is 0. The van der Waals surface area contributed by atoms with Gasteiger partial charge < -0.3 is 20.2 Å². The molecule has 84 valence electrons. The van der Waals surface area contributed by atoms with Crippen LogP contribution in [0.2, 0.25) is 0 Å². The Labute approximate surface area is 89.7 Å². The molecule has 0 saturated heterocycles. The van der Waals surface area contributed by atoms with Crippen molar-refractivity contribution in [1.29, 1.82) is 0 Å². The molecule has 1 aromatic rings.